The van der Waals surface area contributed by atoms with Crippen LogP contribution in [-0.2, 0) is 16.1 Å². The van der Waals surface area contributed by atoms with Crippen LogP contribution in [0.1, 0.15) is 51.7 Å². The fourth-order valence-electron chi connectivity index (χ4n) is 3.02. The van der Waals surface area contributed by atoms with Crippen molar-refractivity contribution in [2.75, 3.05) is 26.3 Å². The molecule has 1 aromatic rings. The third-order valence-electron chi connectivity index (χ3n) is 4.35. The molecule has 7 nitrogen and oxygen atoms in total. The summed E-state index contributed by atoms with van der Waals surface area (Å²) in [4.78, 5) is 16.7. The third-order valence-corrected chi connectivity index (χ3v) is 4.35. The molecule has 1 heterocycles. The maximum Gasteiger partial charge on any atom is 0.239 e. The molecule has 1 saturated heterocycles. The lowest BCUT2D eigenvalue weighted by molar-refractivity contribution is -0.121. The van der Waals surface area contributed by atoms with Crippen molar-refractivity contribution in [1.29, 1.82) is 0 Å². The van der Waals surface area contributed by atoms with Crippen LogP contribution < -0.4 is 20.7 Å². The van der Waals surface area contributed by atoms with Crippen LogP contribution in [0.25, 0.3) is 0 Å². The number of carbonyl (C=O) groups is 1. The monoisotopic (exact) mass is 404 g/mol. The van der Waals surface area contributed by atoms with E-state index < -0.39 is 0 Å². The van der Waals surface area contributed by atoms with Crippen molar-refractivity contribution < 1.29 is 14.3 Å². The number of nitrogens with one attached hydrogen (secondary N) is 3. The second-order valence-corrected chi connectivity index (χ2v) is 8.40. The Labute approximate surface area is 174 Å². The van der Waals surface area contributed by atoms with E-state index in [1.165, 1.54) is 0 Å². The minimum atomic E-state index is -0.259. The molecule has 0 radical (unpaired) electrons. The van der Waals surface area contributed by atoms with Crippen molar-refractivity contribution in [2.45, 2.75) is 65.6 Å². The van der Waals surface area contributed by atoms with E-state index in [0.717, 1.165) is 36.3 Å². The quantitative estimate of drug-likeness (QED) is 0.458. The Bertz CT molecular complexity index is 692. The summed E-state index contributed by atoms with van der Waals surface area (Å²) in [6.45, 7) is 12.6. The van der Waals surface area contributed by atoms with Gasteiger partial charge >= 0.3 is 0 Å². The first kappa shape index (κ1) is 23.0. The van der Waals surface area contributed by atoms with E-state index >= 15 is 0 Å². The molecule has 2 rings (SSSR count). The van der Waals surface area contributed by atoms with Crippen molar-refractivity contribution >= 4 is 11.9 Å². The first-order chi connectivity index (χ1) is 13.8. The molecule has 1 atom stereocenters. The molecule has 1 amide bonds. The number of guanidine groups is 1. The Morgan fingerprint density at radius 1 is 1.31 bits per heavy atom. The Balaban J connectivity index is 1.98. The van der Waals surface area contributed by atoms with Gasteiger partial charge in [-0.15, -0.1) is 0 Å². The SMILES string of the molecule is CCNC(=NCc1ccc(C)cc1OCC1CCCO1)NCC(=O)NC(C)(C)C. The lowest BCUT2D eigenvalue weighted by Crippen LogP contribution is -2.48. The highest BCUT2D eigenvalue weighted by molar-refractivity contribution is 5.86. The first-order valence-electron chi connectivity index (χ1n) is 10.4. The molecule has 1 unspecified atom stereocenters. The van der Waals surface area contributed by atoms with Crippen LogP contribution in [-0.4, -0.2) is 49.8 Å². The van der Waals surface area contributed by atoms with Gasteiger partial charge in [0.05, 0.1) is 19.2 Å². The van der Waals surface area contributed by atoms with Crippen molar-refractivity contribution in [3.63, 3.8) is 0 Å². The molecule has 3 N–H and O–H groups in total. The van der Waals surface area contributed by atoms with Gasteiger partial charge in [-0.2, -0.15) is 0 Å². The number of ether oxygens (including phenoxy) is 2. The summed E-state index contributed by atoms with van der Waals surface area (Å²) in [7, 11) is 0. The molecule has 162 valence electrons. The van der Waals surface area contributed by atoms with Gasteiger partial charge in [-0.1, -0.05) is 12.1 Å². The zero-order chi connectivity index (χ0) is 21.3. The second kappa shape index (κ2) is 11.0. The van der Waals surface area contributed by atoms with Gasteiger partial charge in [-0.05, 0) is 59.1 Å². The Hall–Kier alpha value is -2.28. The maximum absolute atomic E-state index is 12.1. The molecule has 0 aliphatic carbocycles. The molecule has 1 aromatic carbocycles. The number of carbonyl (C=O) groups excluding carboxylic acids is 1. The average molecular weight is 405 g/mol. The molecular formula is C22H36N4O3. The molecule has 0 bridgehead atoms. The molecule has 1 aliphatic rings. The van der Waals surface area contributed by atoms with E-state index in [9.17, 15) is 4.79 Å². The van der Waals surface area contributed by atoms with Crippen LogP contribution in [0.3, 0.4) is 0 Å². The normalized spacial score (nSPS) is 17.1. The highest BCUT2D eigenvalue weighted by atomic mass is 16.5. The molecular weight excluding hydrogens is 368 g/mol. The predicted molar refractivity (Wildman–Crippen MR) is 116 cm³/mol. The number of rotatable bonds is 8. The number of nitrogens with zero attached hydrogens (tertiary/aromatic N) is 1. The minimum absolute atomic E-state index is 0.0703. The van der Waals surface area contributed by atoms with Crippen LogP contribution in [0.4, 0.5) is 0 Å². The number of aliphatic imine (C=N–C) groups is 1. The van der Waals surface area contributed by atoms with Crippen LogP contribution in [0.5, 0.6) is 5.75 Å². The smallest absolute Gasteiger partial charge is 0.239 e. The lowest BCUT2D eigenvalue weighted by atomic mass is 10.1. The summed E-state index contributed by atoms with van der Waals surface area (Å²) in [5.74, 6) is 1.37. The number of hydrogen-bond donors (Lipinski definition) is 3. The zero-order valence-corrected chi connectivity index (χ0v) is 18.4. The van der Waals surface area contributed by atoms with Gasteiger partial charge in [0.15, 0.2) is 5.96 Å². The summed E-state index contributed by atoms with van der Waals surface area (Å²) in [6, 6.07) is 6.14. The van der Waals surface area contributed by atoms with Gasteiger partial charge in [-0.3, -0.25) is 4.79 Å². The first-order valence-corrected chi connectivity index (χ1v) is 10.4. The fraction of sp³-hybridized carbons (Fsp3) is 0.636. The van der Waals surface area contributed by atoms with Crippen LogP contribution in [0.2, 0.25) is 0 Å². The second-order valence-electron chi connectivity index (χ2n) is 8.40. The summed E-state index contributed by atoms with van der Waals surface area (Å²) >= 11 is 0. The van der Waals surface area contributed by atoms with Gasteiger partial charge in [0.25, 0.3) is 0 Å². The lowest BCUT2D eigenvalue weighted by Gasteiger charge is -2.21. The van der Waals surface area contributed by atoms with Gasteiger partial charge in [0.1, 0.15) is 12.4 Å². The van der Waals surface area contributed by atoms with E-state index in [1.54, 1.807) is 0 Å². The number of aryl methyl sites for hydroxylation is 1. The summed E-state index contributed by atoms with van der Waals surface area (Å²) in [5, 5.41) is 9.20. The zero-order valence-electron chi connectivity index (χ0n) is 18.4. The standard InChI is InChI=1S/C22H36N4O3/c1-6-23-21(25-14-20(27)26-22(3,4)5)24-13-17-10-9-16(2)12-19(17)29-15-18-8-7-11-28-18/h9-10,12,18H,6-8,11,13-15H2,1-5H3,(H,26,27)(H2,23,24,25). The summed E-state index contributed by atoms with van der Waals surface area (Å²) < 4.78 is 11.7. The van der Waals surface area contributed by atoms with E-state index in [1.807, 2.05) is 46.8 Å². The maximum atomic E-state index is 12.1. The van der Waals surface area contributed by atoms with E-state index in [0.29, 0.717) is 25.7 Å². The third kappa shape index (κ3) is 8.73. The Morgan fingerprint density at radius 3 is 2.76 bits per heavy atom. The summed E-state index contributed by atoms with van der Waals surface area (Å²) in [5.41, 5.74) is 1.89. The number of hydrogen-bond acceptors (Lipinski definition) is 4. The minimum Gasteiger partial charge on any atom is -0.491 e. The van der Waals surface area contributed by atoms with Crippen LogP contribution in [0.15, 0.2) is 23.2 Å². The van der Waals surface area contributed by atoms with E-state index in [2.05, 4.69) is 27.0 Å². The Morgan fingerprint density at radius 2 is 2.10 bits per heavy atom. The molecule has 1 aliphatic heterocycles. The van der Waals surface area contributed by atoms with Crippen molar-refractivity contribution in [3.8, 4) is 5.75 Å². The van der Waals surface area contributed by atoms with Gasteiger partial charge in [-0.25, -0.2) is 4.99 Å². The molecule has 1 fully saturated rings. The number of amides is 1. The van der Waals surface area contributed by atoms with Crippen molar-refractivity contribution in [2.24, 2.45) is 4.99 Å². The average Bonchev–Trinajstić information content (AvgIpc) is 3.15. The van der Waals surface area contributed by atoms with Crippen molar-refractivity contribution in [3.05, 3.63) is 29.3 Å². The highest BCUT2D eigenvalue weighted by Gasteiger charge is 2.17. The molecule has 29 heavy (non-hydrogen) atoms. The summed E-state index contributed by atoms with van der Waals surface area (Å²) in [6.07, 6.45) is 2.32. The van der Waals surface area contributed by atoms with Crippen molar-refractivity contribution in [1.82, 2.24) is 16.0 Å². The largest absolute Gasteiger partial charge is 0.491 e. The topological polar surface area (TPSA) is 84.0 Å². The highest BCUT2D eigenvalue weighted by Crippen LogP contribution is 2.23. The van der Waals surface area contributed by atoms with E-state index in [4.69, 9.17) is 9.47 Å². The van der Waals surface area contributed by atoms with Gasteiger partial charge in [0, 0.05) is 24.3 Å². The van der Waals surface area contributed by atoms with Gasteiger partial charge in [0.2, 0.25) is 5.91 Å². The number of benzene rings is 1. The molecule has 0 spiro atoms. The van der Waals surface area contributed by atoms with Crippen LogP contribution >= 0.6 is 0 Å². The fourth-order valence-corrected chi connectivity index (χ4v) is 3.02. The molecule has 7 heteroatoms. The predicted octanol–water partition coefficient (Wildman–Crippen LogP) is 2.52. The molecule has 0 aromatic heterocycles. The van der Waals surface area contributed by atoms with Gasteiger partial charge < -0.3 is 25.4 Å². The van der Waals surface area contributed by atoms with Crippen LogP contribution in [0, 0.1) is 6.92 Å². The van der Waals surface area contributed by atoms with E-state index in [-0.39, 0.29) is 24.1 Å². The Kier molecular flexibility index (Phi) is 8.76. The molecule has 0 saturated carbocycles.